The van der Waals surface area contributed by atoms with Gasteiger partial charge in [-0.05, 0) is 14.0 Å². The highest BCUT2D eigenvalue weighted by atomic mass is 16.5. The Kier molecular flexibility index (Phi) is 3.45. The number of nitrogens with one attached hydrogen (secondary N) is 2. The van der Waals surface area contributed by atoms with Crippen LogP contribution >= 0.6 is 0 Å². The van der Waals surface area contributed by atoms with Crippen molar-refractivity contribution in [3.8, 4) is 5.88 Å². The molecule has 0 fully saturated rings. The standard InChI is InChI=1S/C8H14N4O/c1-6(9-2)11-8-10-5-4-7(12-8)13-3/h4-6,9H,1-3H3,(H,10,11,12). The quantitative estimate of drug-likeness (QED) is 0.662. The fourth-order valence-electron chi connectivity index (χ4n) is 0.791. The normalized spacial score (nSPS) is 12.2. The molecule has 0 radical (unpaired) electrons. The Hall–Kier alpha value is -1.36. The number of rotatable bonds is 4. The Bertz CT molecular complexity index is 266. The fourth-order valence-corrected chi connectivity index (χ4v) is 0.791. The first-order chi connectivity index (χ1) is 6.26. The summed E-state index contributed by atoms with van der Waals surface area (Å²) >= 11 is 0. The molecular formula is C8H14N4O. The minimum atomic E-state index is 0.132. The monoisotopic (exact) mass is 182 g/mol. The van der Waals surface area contributed by atoms with Crippen LogP contribution < -0.4 is 15.4 Å². The second-order valence-electron chi connectivity index (χ2n) is 2.58. The van der Waals surface area contributed by atoms with E-state index in [-0.39, 0.29) is 6.17 Å². The van der Waals surface area contributed by atoms with Gasteiger partial charge in [-0.3, -0.25) is 0 Å². The van der Waals surface area contributed by atoms with Crippen molar-refractivity contribution in [2.45, 2.75) is 13.1 Å². The summed E-state index contributed by atoms with van der Waals surface area (Å²) in [4.78, 5) is 8.13. The van der Waals surface area contributed by atoms with Crippen molar-refractivity contribution in [3.63, 3.8) is 0 Å². The van der Waals surface area contributed by atoms with Crippen molar-refractivity contribution in [2.75, 3.05) is 19.5 Å². The maximum Gasteiger partial charge on any atom is 0.227 e. The minimum Gasteiger partial charge on any atom is -0.481 e. The van der Waals surface area contributed by atoms with Gasteiger partial charge in [0.2, 0.25) is 11.8 Å². The van der Waals surface area contributed by atoms with Crippen LogP contribution in [0.5, 0.6) is 5.88 Å². The first-order valence-electron chi connectivity index (χ1n) is 4.07. The van der Waals surface area contributed by atoms with E-state index in [0.29, 0.717) is 11.8 Å². The molecule has 1 aromatic heterocycles. The molecule has 0 aromatic carbocycles. The number of ether oxygens (including phenoxy) is 1. The SMILES string of the molecule is CNC(C)Nc1nccc(OC)n1. The van der Waals surface area contributed by atoms with E-state index in [1.807, 2.05) is 14.0 Å². The molecule has 0 aliphatic rings. The van der Waals surface area contributed by atoms with Crippen LogP contribution in [-0.2, 0) is 0 Å². The third-order valence-corrected chi connectivity index (χ3v) is 1.62. The second kappa shape index (κ2) is 4.61. The maximum atomic E-state index is 4.96. The fraction of sp³-hybridized carbons (Fsp3) is 0.500. The van der Waals surface area contributed by atoms with Crippen LogP contribution in [0.25, 0.3) is 0 Å². The first kappa shape index (κ1) is 9.73. The molecule has 0 aliphatic heterocycles. The zero-order valence-corrected chi connectivity index (χ0v) is 8.03. The number of hydrogen-bond acceptors (Lipinski definition) is 5. The number of aromatic nitrogens is 2. The molecule has 5 heteroatoms. The van der Waals surface area contributed by atoms with Gasteiger partial charge >= 0.3 is 0 Å². The van der Waals surface area contributed by atoms with E-state index in [4.69, 9.17) is 4.74 Å². The van der Waals surface area contributed by atoms with Gasteiger partial charge in [0, 0.05) is 12.3 Å². The molecule has 5 nitrogen and oxygen atoms in total. The minimum absolute atomic E-state index is 0.132. The third kappa shape index (κ3) is 2.87. The summed E-state index contributed by atoms with van der Waals surface area (Å²) in [5.74, 6) is 1.11. The third-order valence-electron chi connectivity index (χ3n) is 1.62. The number of methoxy groups -OCH3 is 1. The summed E-state index contributed by atoms with van der Waals surface area (Å²) in [7, 11) is 3.44. The second-order valence-corrected chi connectivity index (χ2v) is 2.58. The summed E-state index contributed by atoms with van der Waals surface area (Å²) in [6, 6.07) is 1.70. The zero-order valence-electron chi connectivity index (χ0n) is 8.03. The number of hydrogen-bond donors (Lipinski definition) is 2. The Balaban J connectivity index is 2.66. The summed E-state index contributed by atoms with van der Waals surface area (Å²) in [6.45, 7) is 1.98. The van der Waals surface area contributed by atoms with Crippen molar-refractivity contribution in [1.29, 1.82) is 0 Å². The molecule has 1 atom stereocenters. The first-order valence-corrected chi connectivity index (χ1v) is 4.07. The molecule has 0 bridgehead atoms. The lowest BCUT2D eigenvalue weighted by atomic mass is 10.5. The van der Waals surface area contributed by atoms with Crippen LogP contribution in [0.15, 0.2) is 12.3 Å². The van der Waals surface area contributed by atoms with E-state index in [1.165, 1.54) is 0 Å². The average Bonchev–Trinajstić information content (AvgIpc) is 2.18. The summed E-state index contributed by atoms with van der Waals surface area (Å²) in [5, 5.41) is 6.07. The Morgan fingerprint density at radius 1 is 1.54 bits per heavy atom. The predicted octanol–water partition coefficient (Wildman–Crippen LogP) is 0.462. The highest BCUT2D eigenvalue weighted by molar-refractivity contribution is 5.28. The molecule has 1 heterocycles. The van der Waals surface area contributed by atoms with Gasteiger partial charge in [0.05, 0.1) is 13.3 Å². The van der Waals surface area contributed by atoms with Crippen molar-refractivity contribution in [1.82, 2.24) is 15.3 Å². The van der Waals surface area contributed by atoms with Crippen LogP contribution in [0.2, 0.25) is 0 Å². The molecule has 0 spiro atoms. The topological polar surface area (TPSA) is 59.1 Å². The Morgan fingerprint density at radius 2 is 2.31 bits per heavy atom. The van der Waals surface area contributed by atoms with Crippen LogP contribution in [0, 0.1) is 0 Å². The highest BCUT2D eigenvalue weighted by Gasteiger charge is 2.01. The van der Waals surface area contributed by atoms with Gasteiger partial charge in [0.1, 0.15) is 0 Å². The van der Waals surface area contributed by atoms with Crippen LogP contribution in [0.4, 0.5) is 5.95 Å². The lowest BCUT2D eigenvalue weighted by Crippen LogP contribution is -2.30. The van der Waals surface area contributed by atoms with Crippen LogP contribution in [0.3, 0.4) is 0 Å². The molecule has 72 valence electrons. The molecular weight excluding hydrogens is 168 g/mol. The van der Waals surface area contributed by atoms with Crippen molar-refractivity contribution in [3.05, 3.63) is 12.3 Å². The highest BCUT2D eigenvalue weighted by Crippen LogP contribution is 2.07. The maximum absolute atomic E-state index is 4.96. The molecule has 0 saturated carbocycles. The van der Waals surface area contributed by atoms with Gasteiger partial charge in [0.15, 0.2) is 0 Å². The lowest BCUT2D eigenvalue weighted by Gasteiger charge is -2.12. The molecule has 1 unspecified atom stereocenters. The van der Waals surface area contributed by atoms with Crippen molar-refractivity contribution < 1.29 is 4.74 Å². The zero-order chi connectivity index (χ0) is 9.68. The summed E-state index contributed by atoms with van der Waals surface area (Å²) in [5.41, 5.74) is 0. The molecule has 0 aliphatic carbocycles. The van der Waals surface area contributed by atoms with Gasteiger partial charge < -0.3 is 15.4 Å². The average molecular weight is 182 g/mol. The van der Waals surface area contributed by atoms with E-state index < -0.39 is 0 Å². The van der Waals surface area contributed by atoms with E-state index in [1.54, 1.807) is 19.4 Å². The predicted molar refractivity (Wildman–Crippen MR) is 50.7 cm³/mol. The van der Waals surface area contributed by atoms with Gasteiger partial charge in [-0.1, -0.05) is 0 Å². The molecule has 1 rings (SSSR count). The summed E-state index contributed by atoms with van der Waals surface area (Å²) in [6.07, 6.45) is 1.78. The number of anilines is 1. The van der Waals surface area contributed by atoms with E-state index in [0.717, 1.165) is 0 Å². The van der Waals surface area contributed by atoms with Crippen molar-refractivity contribution >= 4 is 5.95 Å². The molecule has 13 heavy (non-hydrogen) atoms. The number of nitrogens with zero attached hydrogens (tertiary/aromatic N) is 2. The lowest BCUT2D eigenvalue weighted by molar-refractivity contribution is 0.397. The van der Waals surface area contributed by atoms with E-state index in [2.05, 4.69) is 20.6 Å². The Labute approximate surface area is 77.5 Å². The summed E-state index contributed by atoms with van der Waals surface area (Å²) < 4.78 is 4.96. The van der Waals surface area contributed by atoms with Gasteiger partial charge in [-0.15, -0.1) is 0 Å². The van der Waals surface area contributed by atoms with Gasteiger partial charge in [-0.2, -0.15) is 4.98 Å². The smallest absolute Gasteiger partial charge is 0.227 e. The van der Waals surface area contributed by atoms with Gasteiger partial charge in [-0.25, -0.2) is 4.98 Å². The molecule has 2 N–H and O–H groups in total. The van der Waals surface area contributed by atoms with Gasteiger partial charge in [0.25, 0.3) is 0 Å². The molecule has 0 saturated heterocycles. The van der Waals surface area contributed by atoms with Crippen LogP contribution in [0.1, 0.15) is 6.92 Å². The largest absolute Gasteiger partial charge is 0.481 e. The Morgan fingerprint density at radius 3 is 2.92 bits per heavy atom. The molecule has 0 amide bonds. The van der Waals surface area contributed by atoms with E-state index in [9.17, 15) is 0 Å². The van der Waals surface area contributed by atoms with E-state index >= 15 is 0 Å². The van der Waals surface area contributed by atoms with Crippen molar-refractivity contribution in [2.24, 2.45) is 0 Å². The van der Waals surface area contributed by atoms with Crippen LogP contribution in [-0.4, -0.2) is 30.3 Å². The molecule has 1 aromatic rings.